The lowest BCUT2D eigenvalue weighted by atomic mass is 9.71. The average Bonchev–Trinajstić information content (AvgIpc) is 2.85. The second-order valence-electron chi connectivity index (χ2n) is 8.95. The highest BCUT2D eigenvalue weighted by Crippen LogP contribution is 2.47. The van der Waals surface area contributed by atoms with E-state index in [1.165, 1.54) is 0 Å². The van der Waals surface area contributed by atoms with Gasteiger partial charge >= 0.3 is 5.97 Å². The zero-order valence-electron chi connectivity index (χ0n) is 20.2. The number of para-hydroxylation sites is 1. The summed E-state index contributed by atoms with van der Waals surface area (Å²) in [5, 5.41) is 3.42. The van der Waals surface area contributed by atoms with Gasteiger partial charge in [-0.2, -0.15) is 0 Å². The molecule has 2 aromatic carbocycles. The lowest BCUT2D eigenvalue weighted by Crippen LogP contribution is -2.36. The Labute approximate surface area is 201 Å². The maximum atomic E-state index is 13.7. The fourth-order valence-electron chi connectivity index (χ4n) is 4.92. The molecule has 1 aliphatic heterocycles. The molecule has 178 valence electrons. The topological polar surface area (TPSA) is 64.6 Å². The zero-order valence-corrected chi connectivity index (χ0v) is 20.2. The van der Waals surface area contributed by atoms with Gasteiger partial charge in [0.1, 0.15) is 5.75 Å². The second-order valence-corrected chi connectivity index (χ2v) is 8.95. The SMILES string of the molecule is CCCOC(=O)C1=C(C)NC2=C(C(=O)C[C@@H](c3ccccc3)C2)[C@@H]1c1ccccc1OCCC. The van der Waals surface area contributed by atoms with Gasteiger partial charge in [0.2, 0.25) is 0 Å². The highest BCUT2D eigenvalue weighted by atomic mass is 16.5. The Morgan fingerprint density at radius 1 is 0.971 bits per heavy atom. The molecular weight excluding hydrogens is 426 g/mol. The van der Waals surface area contributed by atoms with E-state index in [1.807, 2.05) is 56.3 Å². The average molecular weight is 460 g/mol. The first kappa shape index (κ1) is 23.8. The minimum absolute atomic E-state index is 0.0613. The van der Waals surface area contributed by atoms with Crippen LogP contribution in [-0.4, -0.2) is 25.0 Å². The number of carbonyl (C=O) groups is 2. The fourth-order valence-corrected chi connectivity index (χ4v) is 4.92. The Morgan fingerprint density at radius 3 is 2.41 bits per heavy atom. The van der Waals surface area contributed by atoms with Crippen LogP contribution in [0.25, 0.3) is 0 Å². The fraction of sp³-hybridized carbons (Fsp3) is 0.379. The minimum Gasteiger partial charge on any atom is -0.493 e. The first-order chi connectivity index (χ1) is 16.5. The van der Waals surface area contributed by atoms with Crippen molar-refractivity contribution in [3.05, 3.63) is 88.3 Å². The zero-order chi connectivity index (χ0) is 24.1. The van der Waals surface area contributed by atoms with Crippen molar-refractivity contribution in [3.8, 4) is 5.75 Å². The van der Waals surface area contributed by atoms with E-state index in [9.17, 15) is 9.59 Å². The van der Waals surface area contributed by atoms with Gasteiger partial charge in [-0.15, -0.1) is 0 Å². The number of hydrogen-bond donors (Lipinski definition) is 1. The maximum absolute atomic E-state index is 13.7. The predicted octanol–water partition coefficient (Wildman–Crippen LogP) is 5.79. The van der Waals surface area contributed by atoms with Crippen LogP contribution in [0.15, 0.2) is 77.1 Å². The Balaban J connectivity index is 1.81. The summed E-state index contributed by atoms with van der Waals surface area (Å²) in [5.74, 6) is -0.0287. The molecule has 1 aliphatic carbocycles. The molecular formula is C29H33NO4. The van der Waals surface area contributed by atoms with Crippen LogP contribution in [0.3, 0.4) is 0 Å². The van der Waals surface area contributed by atoms with E-state index in [1.54, 1.807) is 0 Å². The van der Waals surface area contributed by atoms with Gasteiger partial charge in [-0.25, -0.2) is 4.79 Å². The number of carbonyl (C=O) groups excluding carboxylic acids is 2. The summed E-state index contributed by atoms with van der Waals surface area (Å²) in [4.78, 5) is 26.9. The number of rotatable bonds is 8. The van der Waals surface area contributed by atoms with Gasteiger partial charge in [0.25, 0.3) is 0 Å². The maximum Gasteiger partial charge on any atom is 0.336 e. The number of esters is 1. The van der Waals surface area contributed by atoms with Crippen molar-refractivity contribution >= 4 is 11.8 Å². The molecule has 0 aromatic heterocycles. The van der Waals surface area contributed by atoms with Gasteiger partial charge in [-0.1, -0.05) is 62.4 Å². The number of ether oxygens (including phenoxy) is 2. The van der Waals surface area contributed by atoms with Crippen LogP contribution in [-0.2, 0) is 14.3 Å². The third kappa shape index (κ3) is 4.79. The molecule has 0 fully saturated rings. The molecule has 2 aliphatic rings. The molecule has 2 atom stereocenters. The van der Waals surface area contributed by atoms with Crippen LogP contribution in [0.2, 0.25) is 0 Å². The normalized spacial score (nSPS) is 20.0. The van der Waals surface area contributed by atoms with Crippen LogP contribution in [0.1, 0.15) is 69.4 Å². The van der Waals surface area contributed by atoms with Crippen LogP contribution in [0, 0.1) is 0 Å². The van der Waals surface area contributed by atoms with Gasteiger partial charge in [0.05, 0.1) is 24.7 Å². The third-order valence-electron chi connectivity index (χ3n) is 6.45. The van der Waals surface area contributed by atoms with Crippen LogP contribution < -0.4 is 10.1 Å². The standard InChI is InChI=1S/C29H33NO4/c1-4-15-33-25-14-10-9-13-22(25)27-26(29(32)34-16-5-2)19(3)30-23-17-21(18-24(31)28(23)27)20-11-7-6-8-12-20/h6-14,21,27,30H,4-5,15-18H2,1-3H3/t21-,27+/m0/s1. The van der Waals surface area contributed by atoms with Crippen molar-refractivity contribution in [2.24, 2.45) is 0 Å². The van der Waals surface area contributed by atoms with Crippen molar-refractivity contribution in [1.82, 2.24) is 5.32 Å². The molecule has 0 unspecified atom stereocenters. The lowest BCUT2D eigenvalue weighted by molar-refractivity contribution is -0.139. The van der Waals surface area contributed by atoms with Crippen molar-refractivity contribution < 1.29 is 19.1 Å². The summed E-state index contributed by atoms with van der Waals surface area (Å²) in [7, 11) is 0. The Morgan fingerprint density at radius 2 is 1.68 bits per heavy atom. The first-order valence-corrected chi connectivity index (χ1v) is 12.2. The molecule has 5 nitrogen and oxygen atoms in total. The Kier molecular flexibility index (Phi) is 7.51. The van der Waals surface area contributed by atoms with E-state index in [2.05, 4.69) is 24.4 Å². The summed E-state index contributed by atoms with van der Waals surface area (Å²) in [6, 6.07) is 17.9. The molecule has 2 aromatic rings. The largest absolute Gasteiger partial charge is 0.493 e. The number of dihydropyridines is 1. The van der Waals surface area contributed by atoms with E-state index >= 15 is 0 Å². The smallest absolute Gasteiger partial charge is 0.336 e. The number of ketones is 1. The Bertz CT molecular complexity index is 1120. The van der Waals surface area contributed by atoms with Crippen molar-refractivity contribution in [2.75, 3.05) is 13.2 Å². The highest BCUT2D eigenvalue weighted by molar-refractivity contribution is 6.04. The first-order valence-electron chi connectivity index (χ1n) is 12.2. The molecule has 0 bridgehead atoms. The van der Waals surface area contributed by atoms with Crippen molar-refractivity contribution in [2.45, 2.75) is 58.3 Å². The van der Waals surface area contributed by atoms with Crippen LogP contribution >= 0.6 is 0 Å². The van der Waals surface area contributed by atoms with E-state index in [0.717, 1.165) is 35.4 Å². The molecule has 1 heterocycles. The number of Topliss-reactive ketones (excluding diaryl/α,β-unsaturated/α-hetero) is 1. The van der Waals surface area contributed by atoms with Gasteiger partial charge in [-0.05, 0) is 43.7 Å². The van der Waals surface area contributed by atoms with Gasteiger partial charge in [-0.3, -0.25) is 4.79 Å². The van der Waals surface area contributed by atoms with Crippen LogP contribution in [0.5, 0.6) is 5.75 Å². The number of allylic oxidation sites excluding steroid dienone is 3. The summed E-state index contributed by atoms with van der Waals surface area (Å²) in [6.07, 6.45) is 2.73. The Hall–Kier alpha value is -3.34. The van der Waals surface area contributed by atoms with Gasteiger partial charge in [0, 0.05) is 29.0 Å². The molecule has 0 amide bonds. The number of nitrogens with one attached hydrogen (secondary N) is 1. The minimum atomic E-state index is -0.516. The third-order valence-corrected chi connectivity index (χ3v) is 6.45. The molecule has 0 saturated carbocycles. The molecule has 1 N–H and O–H groups in total. The predicted molar refractivity (Wildman–Crippen MR) is 133 cm³/mol. The monoisotopic (exact) mass is 459 g/mol. The second kappa shape index (κ2) is 10.7. The lowest BCUT2D eigenvalue weighted by Gasteiger charge is -2.37. The van der Waals surface area contributed by atoms with Crippen LogP contribution in [0.4, 0.5) is 0 Å². The van der Waals surface area contributed by atoms with E-state index in [4.69, 9.17) is 9.47 Å². The van der Waals surface area contributed by atoms with Gasteiger partial charge < -0.3 is 14.8 Å². The highest BCUT2D eigenvalue weighted by Gasteiger charge is 2.42. The molecule has 0 saturated heterocycles. The molecule has 5 heteroatoms. The van der Waals surface area contributed by atoms with Gasteiger partial charge in [0.15, 0.2) is 5.78 Å². The van der Waals surface area contributed by atoms with E-state index in [-0.39, 0.29) is 17.7 Å². The summed E-state index contributed by atoms with van der Waals surface area (Å²) in [6.45, 7) is 6.82. The molecule has 34 heavy (non-hydrogen) atoms. The van der Waals surface area contributed by atoms with Crippen molar-refractivity contribution in [3.63, 3.8) is 0 Å². The number of hydrogen-bond acceptors (Lipinski definition) is 5. The molecule has 0 radical (unpaired) electrons. The summed E-state index contributed by atoms with van der Waals surface area (Å²) < 4.78 is 11.6. The molecule has 4 rings (SSSR count). The summed E-state index contributed by atoms with van der Waals surface area (Å²) >= 11 is 0. The van der Waals surface area contributed by atoms with Crippen molar-refractivity contribution in [1.29, 1.82) is 0 Å². The number of benzene rings is 2. The quantitative estimate of drug-likeness (QED) is 0.506. The molecule has 0 spiro atoms. The van der Waals surface area contributed by atoms with E-state index in [0.29, 0.717) is 43.0 Å². The summed E-state index contributed by atoms with van der Waals surface area (Å²) in [5.41, 5.74) is 4.77. The van der Waals surface area contributed by atoms with E-state index < -0.39 is 5.92 Å².